The van der Waals surface area contributed by atoms with Crippen molar-refractivity contribution in [3.63, 3.8) is 0 Å². The van der Waals surface area contributed by atoms with Crippen LogP contribution in [0.4, 0.5) is 4.79 Å². The van der Waals surface area contributed by atoms with Crippen LogP contribution in [0, 0.1) is 11.8 Å². The van der Waals surface area contributed by atoms with E-state index in [4.69, 9.17) is 9.47 Å². The molecule has 5 heteroatoms. The monoisotopic (exact) mass is 326 g/mol. The van der Waals surface area contributed by atoms with Crippen molar-refractivity contribution < 1.29 is 14.3 Å². The van der Waals surface area contributed by atoms with Gasteiger partial charge in [-0.1, -0.05) is 47.0 Å². The second kappa shape index (κ2) is 11.4. The average molecular weight is 326 g/mol. The molecule has 2 rings (SSSR count). The van der Waals surface area contributed by atoms with E-state index in [1.807, 2.05) is 13.8 Å². The van der Waals surface area contributed by atoms with Gasteiger partial charge in [-0.05, 0) is 18.8 Å². The van der Waals surface area contributed by atoms with Crippen LogP contribution >= 0.6 is 0 Å². The van der Waals surface area contributed by atoms with Gasteiger partial charge in [0.15, 0.2) is 0 Å². The normalized spacial score (nSPS) is 20.0. The maximum atomic E-state index is 12.0. The Morgan fingerprint density at radius 1 is 1.17 bits per heavy atom. The van der Waals surface area contributed by atoms with Crippen LogP contribution in [-0.2, 0) is 9.47 Å². The Hall–Kier alpha value is -1.10. The van der Waals surface area contributed by atoms with Crippen LogP contribution in [0.3, 0.4) is 0 Å². The molecule has 0 N–H and O–H groups in total. The molecule has 1 amide bonds. The Balaban J connectivity index is 0.00000127. The molecular formula is C18H34N2O3. The van der Waals surface area contributed by atoms with Gasteiger partial charge >= 0.3 is 6.09 Å². The van der Waals surface area contributed by atoms with Crippen LogP contribution in [0.1, 0.15) is 59.8 Å². The fourth-order valence-corrected chi connectivity index (χ4v) is 3.03. The highest BCUT2D eigenvalue weighted by Crippen LogP contribution is 2.23. The topological polar surface area (TPSA) is 51.1 Å². The first-order chi connectivity index (χ1) is 11.2. The standard InChI is InChI=1S/C16H28N2O3.C2H6/c1-13(2)15(18-8-10-20-11-9-18)17-16(19)21-12-14-6-4-3-5-7-14;1-2/h13-14H,3-12H2,1-2H3;1-2H3/b17-15-;. The second-order valence-electron chi connectivity index (χ2n) is 6.31. The van der Waals surface area contributed by atoms with Crippen LogP contribution in [0.5, 0.6) is 0 Å². The fraction of sp³-hybridized carbons (Fsp3) is 0.889. The summed E-state index contributed by atoms with van der Waals surface area (Å²) in [5, 5.41) is 0. The molecule has 5 nitrogen and oxygen atoms in total. The third kappa shape index (κ3) is 7.34. The zero-order valence-electron chi connectivity index (χ0n) is 15.3. The lowest BCUT2D eigenvalue weighted by atomic mass is 9.90. The van der Waals surface area contributed by atoms with Crippen LogP contribution in [-0.4, -0.2) is 49.7 Å². The number of amides is 1. The van der Waals surface area contributed by atoms with Crippen molar-refractivity contribution in [3.05, 3.63) is 0 Å². The van der Waals surface area contributed by atoms with Crippen molar-refractivity contribution in [2.24, 2.45) is 16.8 Å². The molecule has 0 spiro atoms. The Morgan fingerprint density at radius 2 is 1.78 bits per heavy atom. The first-order valence-corrected chi connectivity index (χ1v) is 9.25. The number of aliphatic imine (C=N–C) groups is 1. The van der Waals surface area contributed by atoms with Gasteiger partial charge in [-0.25, -0.2) is 4.79 Å². The van der Waals surface area contributed by atoms with Gasteiger partial charge in [-0.15, -0.1) is 0 Å². The highest BCUT2D eigenvalue weighted by Gasteiger charge is 2.20. The van der Waals surface area contributed by atoms with Gasteiger partial charge in [-0.2, -0.15) is 4.99 Å². The molecule has 0 atom stereocenters. The molecule has 1 aliphatic heterocycles. The van der Waals surface area contributed by atoms with Gasteiger partial charge in [0.1, 0.15) is 5.84 Å². The molecule has 1 aliphatic carbocycles. The molecule has 2 aliphatic rings. The summed E-state index contributed by atoms with van der Waals surface area (Å²) in [5.74, 6) is 1.57. The Kier molecular flexibility index (Phi) is 9.92. The third-order valence-corrected chi connectivity index (χ3v) is 4.22. The summed E-state index contributed by atoms with van der Waals surface area (Å²) in [6.07, 6.45) is 5.76. The van der Waals surface area contributed by atoms with Crippen molar-refractivity contribution in [1.29, 1.82) is 0 Å². The predicted molar refractivity (Wildman–Crippen MR) is 93.9 cm³/mol. The first-order valence-electron chi connectivity index (χ1n) is 9.25. The molecule has 23 heavy (non-hydrogen) atoms. The van der Waals surface area contributed by atoms with Gasteiger partial charge < -0.3 is 14.4 Å². The highest BCUT2D eigenvalue weighted by molar-refractivity contribution is 5.93. The van der Waals surface area contributed by atoms with Crippen molar-refractivity contribution >= 4 is 11.9 Å². The van der Waals surface area contributed by atoms with E-state index < -0.39 is 6.09 Å². The Morgan fingerprint density at radius 3 is 2.35 bits per heavy atom. The number of amidine groups is 1. The number of ether oxygens (including phenoxy) is 2. The van der Waals surface area contributed by atoms with Crippen LogP contribution in [0.25, 0.3) is 0 Å². The van der Waals surface area contributed by atoms with Crippen LogP contribution in [0.15, 0.2) is 4.99 Å². The predicted octanol–water partition coefficient (Wildman–Crippen LogP) is 4.12. The van der Waals surface area contributed by atoms with Crippen molar-refractivity contribution in [2.45, 2.75) is 59.8 Å². The maximum Gasteiger partial charge on any atom is 0.435 e. The number of carbonyl (C=O) groups is 1. The van der Waals surface area contributed by atoms with E-state index in [0.29, 0.717) is 25.7 Å². The number of morpholine rings is 1. The minimum absolute atomic E-state index is 0.213. The molecule has 0 aromatic rings. The smallest absolute Gasteiger partial charge is 0.435 e. The lowest BCUT2D eigenvalue weighted by Crippen LogP contribution is -2.43. The van der Waals surface area contributed by atoms with E-state index in [0.717, 1.165) is 18.9 Å². The van der Waals surface area contributed by atoms with Gasteiger partial charge in [0, 0.05) is 19.0 Å². The quantitative estimate of drug-likeness (QED) is 0.578. The molecule has 1 saturated carbocycles. The van der Waals surface area contributed by atoms with E-state index in [1.54, 1.807) is 0 Å². The van der Waals surface area contributed by atoms with E-state index in [-0.39, 0.29) is 5.92 Å². The summed E-state index contributed by atoms with van der Waals surface area (Å²) in [4.78, 5) is 18.3. The van der Waals surface area contributed by atoms with Crippen molar-refractivity contribution in [1.82, 2.24) is 4.90 Å². The maximum absolute atomic E-state index is 12.0. The summed E-state index contributed by atoms with van der Waals surface area (Å²) in [7, 11) is 0. The SMILES string of the molecule is CC.CC(C)/C(=N/C(=O)OCC1CCCCC1)N1CCOCC1. The summed E-state index contributed by atoms with van der Waals surface area (Å²) >= 11 is 0. The number of rotatable bonds is 3. The minimum Gasteiger partial charge on any atom is -0.448 e. The zero-order valence-corrected chi connectivity index (χ0v) is 15.3. The molecule has 1 heterocycles. The van der Waals surface area contributed by atoms with E-state index in [1.165, 1.54) is 32.1 Å². The molecule has 2 fully saturated rings. The molecule has 0 bridgehead atoms. The Bertz CT molecular complexity index is 357. The summed E-state index contributed by atoms with van der Waals surface area (Å²) in [6.45, 7) is 11.6. The fourth-order valence-electron chi connectivity index (χ4n) is 3.03. The number of carbonyl (C=O) groups excluding carboxylic acids is 1. The summed E-state index contributed by atoms with van der Waals surface area (Å²) < 4.78 is 10.7. The van der Waals surface area contributed by atoms with E-state index in [9.17, 15) is 4.79 Å². The molecule has 0 unspecified atom stereocenters. The lowest BCUT2D eigenvalue weighted by Gasteiger charge is -2.31. The van der Waals surface area contributed by atoms with Gasteiger partial charge in [0.25, 0.3) is 0 Å². The van der Waals surface area contributed by atoms with Gasteiger partial charge in [0.05, 0.1) is 19.8 Å². The van der Waals surface area contributed by atoms with Gasteiger partial charge in [-0.3, -0.25) is 0 Å². The minimum atomic E-state index is -0.434. The summed E-state index contributed by atoms with van der Waals surface area (Å²) in [6, 6.07) is 0. The van der Waals surface area contributed by atoms with E-state index >= 15 is 0 Å². The van der Waals surface area contributed by atoms with Crippen LogP contribution < -0.4 is 0 Å². The summed E-state index contributed by atoms with van der Waals surface area (Å²) in [5.41, 5.74) is 0. The van der Waals surface area contributed by atoms with Crippen molar-refractivity contribution in [2.75, 3.05) is 32.9 Å². The lowest BCUT2D eigenvalue weighted by molar-refractivity contribution is 0.0658. The average Bonchev–Trinajstić information content (AvgIpc) is 2.61. The van der Waals surface area contributed by atoms with E-state index in [2.05, 4.69) is 23.7 Å². The molecule has 1 saturated heterocycles. The zero-order chi connectivity index (χ0) is 17.1. The highest BCUT2D eigenvalue weighted by atomic mass is 16.5. The number of hydrogen-bond acceptors (Lipinski definition) is 3. The molecule has 134 valence electrons. The number of nitrogens with zero attached hydrogens (tertiary/aromatic N) is 2. The first kappa shape index (κ1) is 19.9. The largest absolute Gasteiger partial charge is 0.448 e. The van der Waals surface area contributed by atoms with Crippen LogP contribution in [0.2, 0.25) is 0 Å². The third-order valence-electron chi connectivity index (χ3n) is 4.22. The molecule has 0 aromatic carbocycles. The molecule has 0 radical (unpaired) electrons. The molecular weight excluding hydrogens is 292 g/mol. The Labute approximate surface area is 141 Å². The second-order valence-corrected chi connectivity index (χ2v) is 6.31. The van der Waals surface area contributed by atoms with Gasteiger partial charge in [0.2, 0.25) is 0 Å². The number of hydrogen-bond donors (Lipinski definition) is 0. The van der Waals surface area contributed by atoms with Crippen molar-refractivity contribution in [3.8, 4) is 0 Å². The molecule has 0 aromatic heterocycles.